The number of ether oxygens (including phenoxy) is 3. The third-order valence-electron chi connectivity index (χ3n) is 6.39. The van der Waals surface area contributed by atoms with Crippen molar-refractivity contribution in [1.29, 1.82) is 0 Å². The maximum absolute atomic E-state index is 12.6. The Bertz CT molecular complexity index is 1530. The smallest absolute Gasteiger partial charge is 0.407 e. The van der Waals surface area contributed by atoms with Crippen molar-refractivity contribution < 1.29 is 23.8 Å². The molecule has 2 amide bonds. The van der Waals surface area contributed by atoms with Crippen molar-refractivity contribution in [3.8, 4) is 11.5 Å². The van der Waals surface area contributed by atoms with Gasteiger partial charge in [-0.25, -0.2) is 4.79 Å². The summed E-state index contributed by atoms with van der Waals surface area (Å²) in [5, 5.41) is 5.56. The number of hydrogen-bond donors (Lipinski definition) is 3. The predicted molar refractivity (Wildman–Crippen MR) is 162 cm³/mol. The van der Waals surface area contributed by atoms with Gasteiger partial charge >= 0.3 is 6.09 Å². The summed E-state index contributed by atoms with van der Waals surface area (Å²) < 4.78 is 16.3. The molecule has 0 fully saturated rings. The molecule has 0 aliphatic heterocycles. The Hall–Kier alpha value is -5.24. The molecule has 0 heterocycles. The van der Waals surface area contributed by atoms with Crippen LogP contribution in [0.5, 0.6) is 11.5 Å². The highest BCUT2D eigenvalue weighted by Crippen LogP contribution is 2.29. The molecule has 8 nitrogen and oxygen atoms in total. The fourth-order valence-corrected chi connectivity index (χ4v) is 4.07. The Kier molecular flexibility index (Phi) is 9.62. The zero-order chi connectivity index (χ0) is 29.2. The van der Waals surface area contributed by atoms with Gasteiger partial charge in [-0.2, -0.15) is 0 Å². The fourth-order valence-electron chi connectivity index (χ4n) is 4.07. The third-order valence-corrected chi connectivity index (χ3v) is 6.39. The van der Waals surface area contributed by atoms with Crippen LogP contribution in [0.25, 0.3) is 11.6 Å². The van der Waals surface area contributed by atoms with E-state index in [9.17, 15) is 9.59 Å². The van der Waals surface area contributed by atoms with E-state index >= 15 is 0 Å². The van der Waals surface area contributed by atoms with E-state index in [1.165, 1.54) is 0 Å². The molecule has 4 aromatic rings. The molecule has 0 atom stereocenters. The zero-order valence-corrected chi connectivity index (χ0v) is 23.3. The van der Waals surface area contributed by atoms with Crippen LogP contribution in [0.3, 0.4) is 0 Å². The summed E-state index contributed by atoms with van der Waals surface area (Å²) in [6, 6.07) is 27.6. The van der Waals surface area contributed by atoms with Crippen molar-refractivity contribution in [2.24, 2.45) is 0 Å². The number of benzene rings is 4. The number of nitrogens with two attached hydrogens (primary N) is 1. The molecular formula is C33H33N3O5. The SMILES string of the molecule is COc1ccc(C=C(COC(=O)NCc2ccc(C(=O)Nc3ccccc3N)cc2)c2ccc(C)cc2)cc1OC. The van der Waals surface area contributed by atoms with E-state index in [-0.39, 0.29) is 19.1 Å². The first kappa shape index (κ1) is 28.8. The van der Waals surface area contributed by atoms with Gasteiger partial charge in [0.25, 0.3) is 5.91 Å². The van der Waals surface area contributed by atoms with E-state index in [1.807, 2.05) is 55.5 Å². The molecule has 4 rings (SSSR count). The molecule has 41 heavy (non-hydrogen) atoms. The lowest BCUT2D eigenvalue weighted by Crippen LogP contribution is -2.24. The number of rotatable bonds is 10. The lowest BCUT2D eigenvalue weighted by atomic mass is 10.0. The second-order valence-electron chi connectivity index (χ2n) is 9.32. The van der Waals surface area contributed by atoms with Crippen molar-refractivity contribution in [2.75, 3.05) is 31.9 Å². The second kappa shape index (κ2) is 13.7. The van der Waals surface area contributed by atoms with E-state index in [0.29, 0.717) is 28.4 Å². The number of anilines is 2. The van der Waals surface area contributed by atoms with Gasteiger partial charge in [0.1, 0.15) is 6.61 Å². The van der Waals surface area contributed by atoms with Gasteiger partial charge in [-0.05, 0) is 71.7 Å². The number of para-hydroxylation sites is 2. The molecule has 0 bridgehead atoms. The molecule has 0 radical (unpaired) electrons. The molecule has 210 valence electrons. The number of nitrogen functional groups attached to an aromatic ring is 1. The molecule has 0 aliphatic rings. The number of aryl methyl sites for hydroxylation is 1. The number of methoxy groups -OCH3 is 2. The van der Waals surface area contributed by atoms with Crippen molar-refractivity contribution in [3.05, 3.63) is 119 Å². The first-order valence-corrected chi connectivity index (χ1v) is 13.0. The number of carbonyl (C=O) groups is 2. The molecule has 0 unspecified atom stereocenters. The lowest BCUT2D eigenvalue weighted by Gasteiger charge is -2.13. The summed E-state index contributed by atoms with van der Waals surface area (Å²) in [5.41, 5.74) is 12.0. The van der Waals surface area contributed by atoms with E-state index in [2.05, 4.69) is 10.6 Å². The number of carbonyl (C=O) groups excluding carboxylic acids is 2. The average molecular weight is 552 g/mol. The lowest BCUT2D eigenvalue weighted by molar-refractivity contribution is 0.102. The Balaban J connectivity index is 1.37. The summed E-state index contributed by atoms with van der Waals surface area (Å²) in [6.07, 6.45) is 1.39. The summed E-state index contributed by atoms with van der Waals surface area (Å²) >= 11 is 0. The minimum Gasteiger partial charge on any atom is -0.493 e. The monoisotopic (exact) mass is 551 g/mol. The quantitative estimate of drug-likeness (QED) is 0.157. The highest BCUT2D eigenvalue weighted by molar-refractivity contribution is 6.05. The predicted octanol–water partition coefficient (Wildman–Crippen LogP) is 6.31. The first-order valence-electron chi connectivity index (χ1n) is 13.0. The highest BCUT2D eigenvalue weighted by Gasteiger charge is 2.11. The van der Waals surface area contributed by atoms with Crippen molar-refractivity contribution >= 4 is 35.0 Å². The van der Waals surface area contributed by atoms with Gasteiger partial charge in [-0.1, -0.05) is 60.2 Å². The second-order valence-corrected chi connectivity index (χ2v) is 9.32. The van der Waals surface area contributed by atoms with Crippen LogP contribution >= 0.6 is 0 Å². The van der Waals surface area contributed by atoms with Crippen LogP contribution in [-0.4, -0.2) is 32.8 Å². The van der Waals surface area contributed by atoms with Crippen LogP contribution in [0.1, 0.15) is 32.6 Å². The van der Waals surface area contributed by atoms with Crippen LogP contribution < -0.4 is 25.8 Å². The highest BCUT2D eigenvalue weighted by atomic mass is 16.5. The molecule has 0 saturated carbocycles. The Morgan fingerprint density at radius 3 is 2.20 bits per heavy atom. The number of hydrogen-bond acceptors (Lipinski definition) is 6. The maximum Gasteiger partial charge on any atom is 0.407 e. The van der Waals surface area contributed by atoms with Crippen LogP contribution in [0.2, 0.25) is 0 Å². The topological polar surface area (TPSA) is 112 Å². The summed E-state index contributed by atoms with van der Waals surface area (Å²) in [6.45, 7) is 2.32. The van der Waals surface area contributed by atoms with Gasteiger partial charge in [-0.3, -0.25) is 4.79 Å². The summed E-state index contributed by atoms with van der Waals surface area (Å²) in [7, 11) is 3.17. The number of amides is 2. The standard InChI is InChI=1S/C33H33N3O5/c1-22-8-13-25(14-9-22)27(18-24-12-17-30(39-2)31(19-24)40-3)21-41-33(38)35-20-23-10-15-26(16-11-23)32(37)36-29-7-5-4-6-28(29)34/h4-19H,20-21,34H2,1-3H3,(H,35,38)(H,36,37). The summed E-state index contributed by atoms with van der Waals surface area (Å²) in [5.74, 6) is 0.967. The molecule has 0 spiro atoms. The molecule has 0 saturated heterocycles. The van der Waals surface area contributed by atoms with Crippen molar-refractivity contribution in [3.63, 3.8) is 0 Å². The average Bonchev–Trinajstić information content (AvgIpc) is 2.99. The van der Waals surface area contributed by atoms with Gasteiger partial charge < -0.3 is 30.6 Å². The Morgan fingerprint density at radius 2 is 1.51 bits per heavy atom. The van der Waals surface area contributed by atoms with Crippen LogP contribution in [0, 0.1) is 6.92 Å². The minimum atomic E-state index is -0.559. The zero-order valence-electron chi connectivity index (χ0n) is 23.3. The third kappa shape index (κ3) is 7.89. The van der Waals surface area contributed by atoms with Gasteiger partial charge in [0.2, 0.25) is 0 Å². The first-order chi connectivity index (χ1) is 19.9. The minimum absolute atomic E-state index is 0.0605. The van der Waals surface area contributed by atoms with Crippen LogP contribution in [0.4, 0.5) is 16.2 Å². The van der Waals surface area contributed by atoms with E-state index in [1.54, 1.807) is 62.8 Å². The van der Waals surface area contributed by atoms with Crippen LogP contribution in [0.15, 0.2) is 91.0 Å². The molecule has 4 aromatic carbocycles. The van der Waals surface area contributed by atoms with Crippen molar-refractivity contribution in [1.82, 2.24) is 5.32 Å². The van der Waals surface area contributed by atoms with Crippen molar-refractivity contribution in [2.45, 2.75) is 13.5 Å². The van der Waals surface area contributed by atoms with Gasteiger partial charge in [-0.15, -0.1) is 0 Å². The molecule has 4 N–H and O–H groups in total. The Labute approximate surface area is 239 Å². The molecular weight excluding hydrogens is 518 g/mol. The molecule has 0 aromatic heterocycles. The molecule has 8 heteroatoms. The van der Waals surface area contributed by atoms with Gasteiger partial charge in [0.05, 0.1) is 25.6 Å². The van der Waals surface area contributed by atoms with Crippen LogP contribution in [-0.2, 0) is 11.3 Å². The van der Waals surface area contributed by atoms with Gasteiger partial charge in [0.15, 0.2) is 11.5 Å². The van der Waals surface area contributed by atoms with Gasteiger partial charge in [0, 0.05) is 12.1 Å². The number of alkyl carbamates (subject to hydrolysis) is 1. The van der Waals surface area contributed by atoms with E-state index in [0.717, 1.165) is 27.8 Å². The number of nitrogens with one attached hydrogen (secondary N) is 2. The normalized spacial score (nSPS) is 11.0. The summed E-state index contributed by atoms with van der Waals surface area (Å²) in [4.78, 5) is 25.1. The maximum atomic E-state index is 12.6. The van der Waals surface area contributed by atoms with E-state index in [4.69, 9.17) is 19.9 Å². The fraction of sp³-hybridized carbons (Fsp3) is 0.152. The Morgan fingerprint density at radius 1 is 0.829 bits per heavy atom. The largest absolute Gasteiger partial charge is 0.493 e. The molecule has 0 aliphatic carbocycles. The van der Waals surface area contributed by atoms with E-state index < -0.39 is 6.09 Å².